The van der Waals surface area contributed by atoms with Gasteiger partial charge in [0.2, 0.25) is 17.7 Å². The van der Waals surface area contributed by atoms with Gasteiger partial charge in [-0.15, -0.1) is 0 Å². The van der Waals surface area contributed by atoms with Crippen LogP contribution in [0.25, 0.3) is 0 Å². The van der Waals surface area contributed by atoms with E-state index in [4.69, 9.17) is 15.2 Å². The fraction of sp³-hybridized carbons (Fsp3) is 0.444. The van der Waals surface area contributed by atoms with Gasteiger partial charge in [0.25, 0.3) is 5.91 Å². The number of amides is 2. The summed E-state index contributed by atoms with van der Waals surface area (Å²) in [5, 5.41) is 0. The third-order valence-corrected chi connectivity index (χ3v) is 4.69. The SMILES string of the molecule is COc1ccc(C(=O)N2CCC(c3nccn3CC(N)=O)CC2)c(OC)n1. The van der Waals surface area contributed by atoms with Gasteiger partial charge in [0.05, 0.1) is 14.2 Å². The van der Waals surface area contributed by atoms with Crippen LogP contribution in [-0.2, 0) is 11.3 Å². The lowest BCUT2D eigenvalue weighted by Gasteiger charge is -2.32. The Labute approximate surface area is 157 Å². The molecule has 9 heteroatoms. The molecular formula is C18H23N5O4. The molecule has 1 aliphatic rings. The van der Waals surface area contributed by atoms with Crippen LogP contribution < -0.4 is 15.2 Å². The van der Waals surface area contributed by atoms with Crippen LogP contribution in [-0.4, -0.2) is 58.6 Å². The average molecular weight is 373 g/mol. The molecule has 1 saturated heterocycles. The minimum absolute atomic E-state index is 0.114. The van der Waals surface area contributed by atoms with Crippen LogP contribution in [0.3, 0.4) is 0 Å². The maximum Gasteiger partial charge on any atom is 0.259 e. The Kier molecular flexibility index (Phi) is 5.58. The van der Waals surface area contributed by atoms with Gasteiger partial charge in [-0.25, -0.2) is 4.98 Å². The zero-order valence-electron chi connectivity index (χ0n) is 15.4. The third-order valence-electron chi connectivity index (χ3n) is 4.69. The van der Waals surface area contributed by atoms with Gasteiger partial charge in [0.1, 0.15) is 17.9 Å². The molecule has 1 aliphatic heterocycles. The lowest BCUT2D eigenvalue weighted by atomic mass is 9.95. The number of hydrogen-bond acceptors (Lipinski definition) is 6. The summed E-state index contributed by atoms with van der Waals surface area (Å²) < 4.78 is 12.1. The summed E-state index contributed by atoms with van der Waals surface area (Å²) in [7, 11) is 2.99. The number of imidazole rings is 1. The Hall–Kier alpha value is -3.10. The van der Waals surface area contributed by atoms with Crippen LogP contribution >= 0.6 is 0 Å². The summed E-state index contributed by atoms with van der Waals surface area (Å²) in [6.07, 6.45) is 4.94. The molecule has 2 N–H and O–H groups in total. The first-order chi connectivity index (χ1) is 13.0. The third kappa shape index (κ3) is 4.02. The first kappa shape index (κ1) is 18.7. The first-order valence-electron chi connectivity index (χ1n) is 8.71. The smallest absolute Gasteiger partial charge is 0.259 e. The summed E-state index contributed by atoms with van der Waals surface area (Å²) in [4.78, 5) is 34.4. The molecule has 0 unspecified atom stereocenters. The number of aromatic nitrogens is 3. The molecule has 144 valence electrons. The zero-order chi connectivity index (χ0) is 19.4. The van der Waals surface area contributed by atoms with Gasteiger partial charge in [-0.3, -0.25) is 9.59 Å². The Morgan fingerprint density at radius 2 is 1.96 bits per heavy atom. The van der Waals surface area contributed by atoms with E-state index in [0.717, 1.165) is 18.7 Å². The molecule has 0 bridgehead atoms. The molecule has 3 rings (SSSR count). The fourth-order valence-electron chi connectivity index (χ4n) is 3.35. The molecule has 9 nitrogen and oxygen atoms in total. The molecule has 2 aromatic heterocycles. The highest BCUT2D eigenvalue weighted by Crippen LogP contribution is 2.29. The van der Waals surface area contributed by atoms with Crippen molar-refractivity contribution in [3.05, 3.63) is 35.9 Å². The van der Waals surface area contributed by atoms with E-state index in [0.29, 0.717) is 24.5 Å². The van der Waals surface area contributed by atoms with Gasteiger partial charge in [-0.2, -0.15) is 4.98 Å². The van der Waals surface area contributed by atoms with E-state index in [2.05, 4.69) is 9.97 Å². The van der Waals surface area contributed by atoms with Crippen LogP contribution in [0.15, 0.2) is 24.5 Å². The number of nitrogens with two attached hydrogens (primary N) is 1. The van der Waals surface area contributed by atoms with Gasteiger partial charge < -0.3 is 24.7 Å². The van der Waals surface area contributed by atoms with Gasteiger partial charge in [-0.05, 0) is 18.9 Å². The number of rotatable bonds is 6. The topological polar surface area (TPSA) is 113 Å². The number of ether oxygens (including phenoxy) is 2. The Balaban J connectivity index is 1.68. The van der Waals surface area contributed by atoms with E-state index < -0.39 is 5.91 Å². The van der Waals surface area contributed by atoms with Crippen molar-refractivity contribution in [1.29, 1.82) is 0 Å². The molecule has 0 atom stereocenters. The molecule has 0 aromatic carbocycles. The van der Waals surface area contributed by atoms with Crippen LogP contribution in [0.5, 0.6) is 11.8 Å². The number of primary amides is 1. The van der Waals surface area contributed by atoms with Crippen molar-refractivity contribution in [3.8, 4) is 11.8 Å². The molecule has 1 fully saturated rings. The van der Waals surface area contributed by atoms with Crippen molar-refractivity contribution in [2.24, 2.45) is 5.73 Å². The van der Waals surface area contributed by atoms with Gasteiger partial charge >= 0.3 is 0 Å². The maximum atomic E-state index is 12.9. The van der Waals surface area contributed by atoms with E-state index in [1.807, 2.05) is 0 Å². The van der Waals surface area contributed by atoms with Crippen molar-refractivity contribution in [1.82, 2.24) is 19.4 Å². The fourth-order valence-corrected chi connectivity index (χ4v) is 3.35. The van der Waals surface area contributed by atoms with E-state index >= 15 is 0 Å². The molecule has 0 radical (unpaired) electrons. The quantitative estimate of drug-likeness (QED) is 0.801. The number of carbonyl (C=O) groups excluding carboxylic acids is 2. The second-order valence-corrected chi connectivity index (χ2v) is 6.36. The number of methoxy groups -OCH3 is 2. The largest absolute Gasteiger partial charge is 0.481 e. The van der Waals surface area contributed by atoms with Crippen molar-refractivity contribution < 1.29 is 19.1 Å². The normalized spacial score (nSPS) is 14.8. The van der Waals surface area contributed by atoms with Crippen LogP contribution in [0.1, 0.15) is 34.9 Å². The summed E-state index contributed by atoms with van der Waals surface area (Å²) >= 11 is 0. The summed E-state index contributed by atoms with van der Waals surface area (Å²) in [6, 6.07) is 3.31. The number of likely N-dealkylation sites (tertiary alicyclic amines) is 1. The lowest BCUT2D eigenvalue weighted by Crippen LogP contribution is -2.38. The predicted molar refractivity (Wildman–Crippen MR) is 96.6 cm³/mol. The van der Waals surface area contributed by atoms with Crippen molar-refractivity contribution >= 4 is 11.8 Å². The van der Waals surface area contributed by atoms with Crippen molar-refractivity contribution in [2.45, 2.75) is 25.3 Å². The predicted octanol–water partition coefficient (Wildman–Crippen LogP) is 0.800. The molecular weight excluding hydrogens is 350 g/mol. The molecule has 27 heavy (non-hydrogen) atoms. The molecule has 0 spiro atoms. The van der Waals surface area contributed by atoms with Crippen LogP contribution in [0, 0.1) is 0 Å². The number of carbonyl (C=O) groups is 2. The van der Waals surface area contributed by atoms with Crippen molar-refractivity contribution in [3.63, 3.8) is 0 Å². The Bertz CT molecular complexity index is 827. The monoisotopic (exact) mass is 373 g/mol. The maximum absolute atomic E-state index is 12.9. The van der Waals surface area contributed by atoms with Gasteiger partial charge in [-0.1, -0.05) is 0 Å². The Morgan fingerprint density at radius 1 is 1.22 bits per heavy atom. The molecule has 3 heterocycles. The van der Waals surface area contributed by atoms with E-state index in [1.54, 1.807) is 34.0 Å². The number of pyridine rings is 1. The highest BCUT2D eigenvalue weighted by Gasteiger charge is 2.28. The molecule has 0 aliphatic carbocycles. The lowest BCUT2D eigenvalue weighted by molar-refractivity contribution is -0.118. The highest BCUT2D eigenvalue weighted by molar-refractivity contribution is 5.96. The minimum Gasteiger partial charge on any atom is -0.481 e. The number of piperidine rings is 1. The van der Waals surface area contributed by atoms with E-state index in [-0.39, 0.29) is 24.2 Å². The Morgan fingerprint density at radius 3 is 2.59 bits per heavy atom. The summed E-state index contributed by atoms with van der Waals surface area (Å²) in [5.41, 5.74) is 5.70. The zero-order valence-corrected chi connectivity index (χ0v) is 15.4. The minimum atomic E-state index is -0.402. The highest BCUT2D eigenvalue weighted by atomic mass is 16.5. The van der Waals surface area contributed by atoms with E-state index in [1.165, 1.54) is 14.2 Å². The van der Waals surface area contributed by atoms with Gasteiger partial charge in [0.15, 0.2) is 0 Å². The second-order valence-electron chi connectivity index (χ2n) is 6.36. The number of hydrogen-bond donors (Lipinski definition) is 1. The second kappa shape index (κ2) is 8.07. The van der Waals surface area contributed by atoms with Crippen LogP contribution in [0.2, 0.25) is 0 Å². The average Bonchev–Trinajstić information content (AvgIpc) is 3.14. The van der Waals surface area contributed by atoms with Gasteiger partial charge in [0, 0.05) is 37.5 Å². The van der Waals surface area contributed by atoms with E-state index in [9.17, 15) is 9.59 Å². The molecule has 2 amide bonds. The number of nitrogens with zero attached hydrogens (tertiary/aromatic N) is 4. The van der Waals surface area contributed by atoms with Crippen molar-refractivity contribution in [2.75, 3.05) is 27.3 Å². The van der Waals surface area contributed by atoms with Crippen LogP contribution in [0.4, 0.5) is 0 Å². The summed E-state index contributed by atoms with van der Waals surface area (Å²) in [5.74, 6) is 1.13. The first-order valence-corrected chi connectivity index (χ1v) is 8.71. The summed E-state index contributed by atoms with van der Waals surface area (Å²) in [6.45, 7) is 1.29. The molecule has 0 saturated carbocycles. The standard InChI is InChI=1S/C18H23N5O4/c1-26-15-4-3-13(17(21-15)27-2)18(25)22-8-5-12(6-9-22)16-20-7-10-23(16)11-14(19)24/h3-4,7,10,12H,5-6,8-9,11H2,1-2H3,(H2,19,24). The molecule has 2 aromatic rings.